The van der Waals surface area contributed by atoms with Gasteiger partial charge in [0.25, 0.3) is 0 Å². The van der Waals surface area contributed by atoms with Crippen LogP contribution in [0.3, 0.4) is 0 Å². The van der Waals surface area contributed by atoms with Crippen LogP contribution >= 0.6 is 34.8 Å². The average Bonchev–Trinajstić information content (AvgIpc) is 2.76. The van der Waals surface area contributed by atoms with E-state index < -0.39 is 47.6 Å². The van der Waals surface area contributed by atoms with Gasteiger partial charge in [-0.15, -0.1) is 0 Å². The molecule has 2 aromatic carbocycles. The maximum absolute atomic E-state index is 13.7. The van der Waals surface area contributed by atoms with Gasteiger partial charge in [0, 0.05) is 19.0 Å². The van der Waals surface area contributed by atoms with Gasteiger partial charge in [-0.3, -0.25) is 9.59 Å². The van der Waals surface area contributed by atoms with Crippen molar-refractivity contribution in [3.8, 4) is 0 Å². The summed E-state index contributed by atoms with van der Waals surface area (Å²) in [6, 6.07) is 4.48. The Kier molecular flexibility index (Phi) is 9.90. The number of hydrogen-bond donors (Lipinski definition) is 0. The van der Waals surface area contributed by atoms with E-state index in [0.717, 1.165) is 35.2 Å². The molecular weight excluding hydrogens is 555 g/mol. The van der Waals surface area contributed by atoms with Crippen LogP contribution in [0.2, 0.25) is 15.1 Å². The number of nitrogens with zero attached hydrogens (tertiary/aromatic N) is 1. The van der Waals surface area contributed by atoms with E-state index in [4.69, 9.17) is 34.8 Å². The molecule has 2 rings (SSSR count). The minimum absolute atomic E-state index is 0.129. The van der Waals surface area contributed by atoms with E-state index in [-0.39, 0.29) is 32.6 Å². The Bertz CT molecular complexity index is 1140. The maximum Gasteiger partial charge on any atom is 0.417 e. The lowest BCUT2D eigenvalue weighted by molar-refractivity contribution is -0.139. The van der Waals surface area contributed by atoms with Gasteiger partial charge < -0.3 is 4.90 Å². The summed E-state index contributed by atoms with van der Waals surface area (Å²) in [5, 5.41) is -0.568. The van der Waals surface area contributed by atoms with Crippen LogP contribution in [0.25, 0.3) is 6.08 Å². The van der Waals surface area contributed by atoms with Crippen LogP contribution in [0.4, 0.5) is 26.3 Å². The number of hydrogen-bond acceptors (Lipinski definition) is 2. The Morgan fingerprint density at radius 2 is 1.58 bits per heavy atom. The van der Waals surface area contributed by atoms with Crippen LogP contribution in [0, 0.1) is 0 Å². The Morgan fingerprint density at radius 3 is 2.08 bits per heavy atom. The van der Waals surface area contributed by atoms with Gasteiger partial charge >= 0.3 is 12.4 Å². The Morgan fingerprint density at radius 1 is 1.00 bits per heavy atom. The SMILES string of the molecule is CCCC(=O)N(C)CC(=O)c1ccc(/C=C/C(c2cc(Cl)c(Cl)c(Cl)c2)C(F)(F)F)cc1C(F)(F)F. The third kappa shape index (κ3) is 7.63. The zero-order chi connectivity index (χ0) is 27.4. The third-order valence-corrected chi connectivity index (χ3v) is 6.32. The summed E-state index contributed by atoms with van der Waals surface area (Å²) in [7, 11) is 1.30. The third-order valence-electron chi connectivity index (χ3n) is 5.12. The van der Waals surface area contributed by atoms with Crippen LogP contribution in [-0.2, 0) is 11.0 Å². The molecule has 0 saturated carbocycles. The number of likely N-dealkylation sites (N-methyl/N-ethyl adjacent to an activating group) is 1. The molecule has 1 atom stereocenters. The van der Waals surface area contributed by atoms with E-state index in [2.05, 4.69) is 0 Å². The van der Waals surface area contributed by atoms with E-state index in [0.29, 0.717) is 18.6 Å². The number of rotatable bonds is 8. The predicted octanol–water partition coefficient (Wildman–Crippen LogP) is 8.47. The molecule has 0 aliphatic carbocycles. The first kappa shape index (κ1) is 30.0. The first-order chi connectivity index (χ1) is 16.6. The highest BCUT2D eigenvalue weighted by Gasteiger charge is 2.40. The quantitative estimate of drug-likeness (QED) is 0.180. The second-order valence-corrected chi connectivity index (χ2v) is 9.10. The van der Waals surface area contributed by atoms with Crippen LogP contribution in [-0.4, -0.2) is 36.4 Å². The number of carbonyl (C=O) groups is 2. The molecule has 12 heteroatoms. The zero-order valence-corrected chi connectivity index (χ0v) is 21.2. The number of halogens is 9. The van der Waals surface area contributed by atoms with Gasteiger partial charge in [0.2, 0.25) is 5.91 Å². The lowest BCUT2D eigenvalue weighted by Crippen LogP contribution is -2.32. The highest BCUT2D eigenvalue weighted by Crippen LogP contribution is 2.41. The summed E-state index contributed by atoms with van der Waals surface area (Å²) >= 11 is 17.5. The topological polar surface area (TPSA) is 37.4 Å². The fraction of sp³-hybridized carbons (Fsp3) is 0.333. The molecule has 1 amide bonds. The van der Waals surface area contributed by atoms with Gasteiger partial charge in [-0.25, -0.2) is 0 Å². The van der Waals surface area contributed by atoms with Crippen LogP contribution in [0.1, 0.15) is 52.7 Å². The molecule has 0 radical (unpaired) electrons. The van der Waals surface area contributed by atoms with Crippen molar-refractivity contribution >= 4 is 52.6 Å². The Labute approximate surface area is 218 Å². The molecule has 0 spiro atoms. The fourth-order valence-corrected chi connectivity index (χ4v) is 3.92. The second kappa shape index (κ2) is 11.9. The van der Waals surface area contributed by atoms with Crippen LogP contribution in [0.5, 0.6) is 0 Å². The minimum Gasteiger partial charge on any atom is -0.338 e. The van der Waals surface area contributed by atoms with Crippen molar-refractivity contribution in [2.45, 2.75) is 38.0 Å². The number of alkyl halides is 6. The molecule has 196 valence electrons. The molecule has 1 unspecified atom stereocenters. The van der Waals surface area contributed by atoms with Gasteiger partial charge in [0.1, 0.15) is 0 Å². The lowest BCUT2D eigenvalue weighted by Gasteiger charge is -2.19. The van der Waals surface area contributed by atoms with Crippen molar-refractivity contribution in [3.05, 3.63) is 73.7 Å². The lowest BCUT2D eigenvalue weighted by atomic mass is 9.95. The molecule has 36 heavy (non-hydrogen) atoms. The number of amides is 1. The van der Waals surface area contributed by atoms with E-state index in [9.17, 15) is 35.9 Å². The van der Waals surface area contributed by atoms with E-state index >= 15 is 0 Å². The van der Waals surface area contributed by atoms with Gasteiger partial charge in [0.15, 0.2) is 5.78 Å². The van der Waals surface area contributed by atoms with Gasteiger partial charge in [-0.2, -0.15) is 26.3 Å². The summed E-state index contributed by atoms with van der Waals surface area (Å²) in [6.45, 7) is 1.16. The number of Topliss-reactive ketones (excluding diaryl/α,β-unsaturated/α-hetero) is 1. The minimum atomic E-state index is -4.97. The molecule has 0 aliphatic heterocycles. The zero-order valence-electron chi connectivity index (χ0n) is 18.9. The van der Waals surface area contributed by atoms with Crippen molar-refractivity contribution in [2.75, 3.05) is 13.6 Å². The van der Waals surface area contributed by atoms with Gasteiger partial charge in [0.05, 0.1) is 33.1 Å². The molecule has 2 aromatic rings. The molecule has 0 aromatic heterocycles. The molecule has 0 fully saturated rings. The van der Waals surface area contributed by atoms with Gasteiger partial charge in [-0.1, -0.05) is 66.0 Å². The van der Waals surface area contributed by atoms with Crippen LogP contribution in [0.15, 0.2) is 36.4 Å². The maximum atomic E-state index is 13.7. The van der Waals surface area contributed by atoms with E-state index in [1.165, 1.54) is 7.05 Å². The molecular formula is C24H20Cl3F6NO2. The smallest absolute Gasteiger partial charge is 0.338 e. The fourth-order valence-electron chi connectivity index (χ4n) is 3.31. The number of ketones is 1. The van der Waals surface area contributed by atoms with Crippen molar-refractivity contribution in [3.63, 3.8) is 0 Å². The monoisotopic (exact) mass is 573 g/mol. The van der Waals surface area contributed by atoms with E-state index in [1.807, 2.05) is 0 Å². The molecule has 0 saturated heterocycles. The molecule has 3 nitrogen and oxygen atoms in total. The highest BCUT2D eigenvalue weighted by molar-refractivity contribution is 6.48. The average molecular weight is 575 g/mol. The molecule has 0 aliphatic rings. The van der Waals surface area contributed by atoms with Crippen molar-refractivity contribution in [1.29, 1.82) is 0 Å². The number of benzene rings is 2. The van der Waals surface area contributed by atoms with Crippen LogP contribution < -0.4 is 0 Å². The molecule has 0 heterocycles. The van der Waals surface area contributed by atoms with E-state index in [1.54, 1.807) is 6.92 Å². The Balaban J connectivity index is 2.44. The van der Waals surface area contributed by atoms with Crippen molar-refractivity contribution in [2.24, 2.45) is 0 Å². The Hall–Kier alpha value is -2.23. The summed E-state index contributed by atoms with van der Waals surface area (Å²) in [5.74, 6) is -3.61. The largest absolute Gasteiger partial charge is 0.417 e. The number of allylic oxidation sites excluding steroid dienone is 1. The van der Waals surface area contributed by atoms with Crippen molar-refractivity contribution in [1.82, 2.24) is 4.90 Å². The predicted molar refractivity (Wildman–Crippen MR) is 128 cm³/mol. The molecule has 0 bridgehead atoms. The summed E-state index contributed by atoms with van der Waals surface area (Å²) in [5.41, 5.74) is -2.61. The second-order valence-electron chi connectivity index (χ2n) is 7.90. The first-order valence-corrected chi connectivity index (χ1v) is 11.6. The summed E-state index contributed by atoms with van der Waals surface area (Å²) in [4.78, 5) is 25.4. The normalized spacial score (nSPS) is 13.2. The van der Waals surface area contributed by atoms with Crippen molar-refractivity contribution < 1.29 is 35.9 Å². The summed E-state index contributed by atoms with van der Waals surface area (Å²) in [6.07, 6.45) is -7.65. The summed E-state index contributed by atoms with van der Waals surface area (Å²) < 4.78 is 82.3. The number of carbonyl (C=O) groups excluding carboxylic acids is 2. The highest BCUT2D eigenvalue weighted by atomic mass is 35.5. The van der Waals surface area contributed by atoms with Gasteiger partial charge in [-0.05, 0) is 35.7 Å². The first-order valence-electron chi connectivity index (χ1n) is 10.4. The standard InChI is InChI=1S/C24H20Cl3F6NO2/c1-3-4-21(36)34(2)12-20(35)15-7-5-13(9-17(15)24(31,32)33)6-8-16(23(28,29)30)14-10-18(25)22(27)19(26)11-14/h5-11,16H,3-4,12H2,1-2H3/b8-6+. The molecule has 0 N–H and O–H groups in total.